The molecule has 5 heteroatoms. The summed E-state index contributed by atoms with van der Waals surface area (Å²) in [4.78, 5) is 11.2. The van der Waals surface area contributed by atoms with Crippen LogP contribution in [-0.4, -0.2) is 39.1 Å². The van der Waals surface area contributed by atoms with E-state index in [4.69, 9.17) is 9.84 Å². The van der Waals surface area contributed by atoms with E-state index in [1.807, 2.05) is 6.08 Å². The number of aliphatic hydroxyl groups excluding tert-OH is 1. The lowest BCUT2D eigenvalue weighted by molar-refractivity contribution is -0.195. The van der Waals surface area contributed by atoms with Crippen LogP contribution in [-0.2, 0) is 9.53 Å². The molecule has 3 N–H and O–H groups in total. The predicted molar refractivity (Wildman–Crippen MR) is 130 cm³/mol. The Morgan fingerprint density at radius 3 is 2.53 bits per heavy atom. The van der Waals surface area contributed by atoms with Crippen LogP contribution in [0.4, 0.5) is 0 Å². The molecular formula is C27H46O5. The van der Waals surface area contributed by atoms with Gasteiger partial charge in [0.2, 0.25) is 5.79 Å². The number of carbonyl (C=O) groups is 1. The number of allylic oxidation sites excluding steroid dienone is 1. The number of rotatable bonds is 19. The average Bonchev–Trinajstić information content (AvgIpc) is 3.09. The second kappa shape index (κ2) is 15.4. The lowest BCUT2D eigenvalue weighted by Gasteiger charge is -2.31. The van der Waals surface area contributed by atoms with Crippen molar-refractivity contribution < 1.29 is 24.9 Å². The van der Waals surface area contributed by atoms with Gasteiger partial charge in [0.1, 0.15) is 6.61 Å². The Hall–Kier alpha value is -1.43. The zero-order chi connectivity index (χ0) is 23.9. The summed E-state index contributed by atoms with van der Waals surface area (Å²) in [6, 6.07) is 0. The molecule has 4 atom stereocenters. The number of aliphatic hydroxyl groups is 3. The van der Waals surface area contributed by atoms with Gasteiger partial charge in [-0.25, -0.2) is 0 Å². The summed E-state index contributed by atoms with van der Waals surface area (Å²) in [6.07, 6.45) is 19.2. The molecule has 0 aromatic heterocycles. The smallest absolute Gasteiger partial charge is 0.210 e. The van der Waals surface area contributed by atoms with Crippen molar-refractivity contribution in [1.29, 1.82) is 0 Å². The molecule has 184 valence electrons. The Labute approximate surface area is 195 Å². The lowest BCUT2D eigenvalue weighted by atomic mass is 9.86. The van der Waals surface area contributed by atoms with Crippen LogP contribution in [0, 0.1) is 11.8 Å². The number of hydrogen-bond acceptors (Lipinski definition) is 5. The first-order chi connectivity index (χ1) is 15.3. The van der Waals surface area contributed by atoms with Gasteiger partial charge in [0.15, 0.2) is 5.78 Å². The molecule has 0 bridgehead atoms. The quantitative estimate of drug-likeness (QED) is 0.103. The highest BCUT2D eigenvalue weighted by molar-refractivity contribution is 5.79. The Morgan fingerprint density at radius 2 is 1.88 bits per heavy atom. The standard InChI is InChI=1S/C27H46O5/c1-4-7-8-13-19-26(30,5-2)20-14-15-23-18-21-27(31,32-6-3)25(23)17-12-10-9-11-16-24(29)22-28/h5-6,14-15,23,25,28,30-31H,2-4,7-13,16-22H2,1H3/t23-,25+,26?,27?/m0/s1. The molecule has 1 saturated carbocycles. The molecule has 1 aliphatic carbocycles. The minimum Gasteiger partial charge on any atom is -0.470 e. The zero-order valence-corrected chi connectivity index (χ0v) is 20.1. The van der Waals surface area contributed by atoms with E-state index >= 15 is 0 Å². The van der Waals surface area contributed by atoms with Crippen molar-refractivity contribution in [2.75, 3.05) is 6.61 Å². The van der Waals surface area contributed by atoms with E-state index in [-0.39, 0.29) is 24.2 Å². The van der Waals surface area contributed by atoms with Crippen molar-refractivity contribution in [1.82, 2.24) is 0 Å². The van der Waals surface area contributed by atoms with Gasteiger partial charge < -0.3 is 20.1 Å². The van der Waals surface area contributed by atoms with Crippen LogP contribution < -0.4 is 0 Å². The van der Waals surface area contributed by atoms with E-state index in [0.717, 1.165) is 57.8 Å². The summed E-state index contributed by atoms with van der Waals surface area (Å²) in [5.41, 5.74) is -0.877. The molecular weight excluding hydrogens is 404 g/mol. The molecule has 0 aliphatic heterocycles. The number of Topliss-reactive ketones (excluding diaryl/α,β-unsaturated/α-hetero) is 1. The van der Waals surface area contributed by atoms with Gasteiger partial charge >= 0.3 is 0 Å². The summed E-state index contributed by atoms with van der Waals surface area (Å²) >= 11 is 0. The summed E-state index contributed by atoms with van der Waals surface area (Å²) < 4.78 is 5.55. The largest absolute Gasteiger partial charge is 0.470 e. The fraction of sp³-hybridized carbons (Fsp3) is 0.741. The van der Waals surface area contributed by atoms with E-state index < -0.39 is 11.4 Å². The van der Waals surface area contributed by atoms with Gasteiger partial charge in [-0.1, -0.05) is 76.7 Å². The van der Waals surface area contributed by atoms with E-state index in [1.54, 1.807) is 6.08 Å². The molecule has 2 unspecified atom stereocenters. The number of ether oxygens (including phenoxy) is 1. The van der Waals surface area contributed by atoms with Gasteiger partial charge in [0.25, 0.3) is 0 Å². The van der Waals surface area contributed by atoms with Gasteiger partial charge in [-0.2, -0.15) is 0 Å². The van der Waals surface area contributed by atoms with Crippen LogP contribution in [0.1, 0.15) is 96.8 Å². The number of ketones is 1. The summed E-state index contributed by atoms with van der Waals surface area (Å²) in [5.74, 6) is -1.15. The van der Waals surface area contributed by atoms with Crippen LogP contribution in [0.2, 0.25) is 0 Å². The minimum atomic E-state index is -1.20. The normalized spacial score (nSPS) is 25.0. The third-order valence-corrected chi connectivity index (χ3v) is 6.81. The van der Waals surface area contributed by atoms with Gasteiger partial charge in [-0.3, -0.25) is 4.79 Å². The maximum absolute atomic E-state index is 11.2. The number of hydrogen-bond donors (Lipinski definition) is 3. The second-order valence-electron chi connectivity index (χ2n) is 9.34. The lowest BCUT2D eigenvalue weighted by Crippen LogP contribution is -2.36. The fourth-order valence-corrected chi connectivity index (χ4v) is 4.77. The first-order valence-electron chi connectivity index (χ1n) is 12.5. The van der Waals surface area contributed by atoms with Crippen molar-refractivity contribution >= 4 is 5.78 Å². The van der Waals surface area contributed by atoms with Gasteiger partial charge in [-0.15, -0.1) is 6.58 Å². The molecule has 0 amide bonds. The Balaban J connectivity index is 2.60. The second-order valence-corrected chi connectivity index (χ2v) is 9.34. The molecule has 1 aliphatic rings. The minimum absolute atomic E-state index is 0.0304. The van der Waals surface area contributed by atoms with Gasteiger partial charge in [0.05, 0.1) is 11.9 Å². The van der Waals surface area contributed by atoms with Crippen LogP contribution in [0.5, 0.6) is 0 Å². The molecule has 32 heavy (non-hydrogen) atoms. The molecule has 0 saturated heterocycles. The predicted octanol–water partition coefficient (Wildman–Crippen LogP) is 5.60. The molecule has 0 radical (unpaired) electrons. The van der Waals surface area contributed by atoms with Crippen molar-refractivity contribution in [2.45, 2.75) is 108 Å². The molecule has 0 spiro atoms. The summed E-state index contributed by atoms with van der Waals surface area (Å²) in [6.45, 7) is 9.26. The SMILES string of the molecule is C=COC1(O)CC[C@H](C=CCC(O)(C=C)CCCCCC)[C@H]1CCCCCCC(=O)CO. The first kappa shape index (κ1) is 28.6. The number of carbonyl (C=O) groups excluding carboxylic acids is 1. The van der Waals surface area contributed by atoms with Gasteiger partial charge in [0, 0.05) is 18.8 Å². The molecule has 0 aromatic carbocycles. The highest BCUT2D eigenvalue weighted by atomic mass is 16.6. The average molecular weight is 451 g/mol. The molecule has 0 heterocycles. The van der Waals surface area contributed by atoms with E-state index in [0.29, 0.717) is 19.3 Å². The molecule has 5 nitrogen and oxygen atoms in total. The third kappa shape index (κ3) is 10.0. The van der Waals surface area contributed by atoms with E-state index in [9.17, 15) is 15.0 Å². The maximum atomic E-state index is 11.2. The summed E-state index contributed by atoms with van der Waals surface area (Å²) in [7, 11) is 0. The van der Waals surface area contributed by atoms with Crippen LogP contribution in [0.25, 0.3) is 0 Å². The zero-order valence-electron chi connectivity index (χ0n) is 20.1. The van der Waals surface area contributed by atoms with Crippen molar-refractivity contribution in [3.63, 3.8) is 0 Å². The first-order valence-corrected chi connectivity index (χ1v) is 12.5. The van der Waals surface area contributed by atoms with Crippen LogP contribution in [0.3, 0.4) is 0 Å². The van der Waals surface area contributed by atoms with Gasteiger partial charge in [-0.05, 0) is 38.0 Å². The highest BCUT2D eigenvalue weighted by Crippen LogP contribution is 2.45. The Morgan fingerprint density at radius 1 is 1.16 bits per heavy atom. The van der Waals surface area contributed by atoms with Crippen LogP contribution in [0.15, 0.2) is 37.6 Å². The van der Waals surface area contributed by atoms with Crippen molar-refractivity contribution in [3.8, 4) is 0 Å². The fourth-order valence-electron chi connectivity index (χ4n) is 4.77. The summed E-state index contributed by atoms with van der Waals surface area (Å²) in [5, 5.41) is 30.7. The van der Waals surface area contributed by atoms with E-state index in [1.165, 1.54) is 19.1 Å². The third-order valence-electron chi connectivity index (χ3n) is 6.81. The topological polar surface area (TPSA) is 87.0 Å². The molecule has 0 aromatic rings. The van der Waals surface area contributed by atoms with Crippen molar-refractivity contribution in [3.05, 3.63) is 37.6 Å². The number of unbranched alkanes of at least 4 members (excludes halogenated alkanes) is 6. The molecule has 1 fully saturated rings. The monoisotopic (exact) mass is 450 g/mol. The van der Waals surface area contributed by atoms with Crippen molar-refractivity contribution in [2.24, 2.45) is 11.8 Å². The maximum Gasteiger partial charge on any atom is 0.210 e. The Bertz CT molecular complexity index is 587. The van der Waals surface area contributed by atoms with E-state index in [2.05, 4.69) is 26.2 Å². The molecule has 1 rings (SSSR count). The Kier molecular flexibility index (Phi) is 13.8. The van der Waals surface area contributed by atoms with Crippen LogP contribution >= 0.6 is 0 Å². The highest BCUT2D eigenvalue weighted by Gasteiger charge is 2.47.